The molecule has 0 radical (unpaired) electrons. The molecule has 100 valence electrons. The number of hydrogen-bond donors (Lipinski definition) is 0. The van der Waals surface area contributed by atoms with E-state index in [0.717, 1.165) is 12.1 Å². The van der Waals surface area contributed by atoms with E-state index in [1.54, 1.807) is 20.8 Å². The average molecular weight is 261 g/mol. The normalized spacial score (nSPS) is 11.7. The fourth-order valence-corrected chi connectivity index (χ4v) is 1.45. The Labute approximate surface area is 103 Å². The van der Waals surface area contributed by atoms with Crippen LogP contribution in [0.3, 0.4) is 0 Å². The van der Waals surface area contributed by atoms with Crippen LogP contribution in [-0.4, -0.2) is 17.6 Å². The topological polar surface area (TPSA) is 39.2 Å². The number of alkyl halides is 3. The van der Waals surface area contributed by atoms with E-state index in [1.807, 2.05) is 0 Å². The van der Waals surface area contributed by atoms with Gasteiger partial charge in [0.05, 0.1) is 17.9 Å². The zero-order valence-corrected chi connectivity index (χ0v) is 10.3. The van der Waals surface area contributed by atoms with Crippen molar-refractivity contribution in [3.63, 3.8) is 0 Å². The first-order chi connectivity index (χ1) is 8.27. The van der Waals surface area contributed by atoms with Gasteiger partial charge in [0.15, 0.2) is 0 Å². The Bertz CT molecular complexity index is 441. The SMILES string of the molecule is CCOC(=O)c1ccc(C(F)(F)F)nc1C(C)C. The van der Waals surface area contributed by atoms with Gasteiger partial charge >= 0.3 is 12.1 Å². The zero-order valence-electron chi connectivity index (χ0n) is 10.3. The van der Waals surface area contributed by atoms with E-state index >= 15 is 0 Å². The van der Waals surface area contributed by atoms with E-state index in [0.29, 0.717) is 0 Å². The van der Waals surface area contributed by atoms with Crippen LogP contribution < -0.4 is 0 Å². The van der Waals surface area contributed by atoms with Crippen molar-refractivity contribution in [3.8, 4) is 0 Å². The summed E-state index contributed by atoms with van der Waals surface area (Å²) in [5.74, 6) is -0.950. The molecule has 0 saturated carbocycles. The Kier molecular flexibility index (Phi) is 4.32. The van der Waals surface area contributed by atoms with Crippen molar-refractivity contribution in [1.82, 2.24) is 4.98 Å². The third kappa shape index (κ3) is 3.21. The summed E-state index contributed by atoms with van der Waals surface area (Å²) in [4.78, 5) is 15.1. The standard InChI is InChI=1S/C12H14F3NO2/c1-4-18-11(17)8-5-6-9(12(13,14)15)16-10(8)7(2)3/h5-7H,4H2,1-3H3. The Morgan fingerprint density at radius 1 is 1.39 bits per heavy atom. The molecule has 18 heavy (non-hydrogen) atoms. The Hall–Kier alpha value is -1.59. The molecule has 0 spiro atoms. The highest BCUT2D eigenvalue weighted by Crippen LogP contribution is 2.30. The number of pyridine rings is 1. The number of aromatic nitrogens is 1. The molecule has 0 aliphatic carbocycles. The highest BCUT2D eigenvalue weighted by molar-refractivity contribution is 5.90. The molecule has 6 heteroatoms. The van der Waals surface area contributed by atoms with Gasteiger partial charge in [0.25, 0.3) is 0 Å². The van der Waals surface area contributed by atoms with Gasteiger partial charge in [-0.25, -0.2) is 9.78 Å². The zero-order chi connectivity index (χ0) is 13.9. The molecule has 0 aliphatic heterocycles. The van der Waals surface area contributed by atoms with Gasteiger partial charge in [0.1, 0.15) is 5.69 Å². The average Bonchev–Trinajstić information content (AvgIpc) is 2.27. The second kappa shape index (κ2) is 5.37. The first kappa shape index (κ1) is 14.5. The minimum atomic E-state index is -4.52. The van der Waals surface area contributed by atoms with E-state index in [4.69, 9.17) is 4.74 Å². The van der Waals surface area contributed by atoms with Crippen molar-refractivity contribution in [3.05, 3.63) is 29.1 Å². The predicted molar refractivity (Wildman–Crippen MR) is 59.3 cm³/mol. The smallest absolute Gasteiger partial charge is 0.433 e. The van der Waals surface area contributed by atoms with E-state index < -0.39 is 17.8 Å². The van der Waals surface area contributed by atoms with E-state index in [1.165, 1.54) is 0 Å². The summed E-state index contributed by atoms with van der Waals surface area (Å²) in [6, 6.07) is 1.90. The molecule has 0 aromatic carbocycles. The summed E-state index contributed by atoms with van der Waals surface area (Å²) in [5, 5.41) is 0. The molecule has 0 saturated heterocycles. The molecule has 0 bridgehead atoms. The molecule has 0 N–H and O–H groups in total. The van der Waals surface area contributed by atoms with Crippen molar-refractivity contribution < 1.29 is 22.7 Å². The minimum Gasteiger partial charge on any atom is -0.462 e. The van der Waals surface area contributed by atoms with Crippen molar-refractivity contribution in [2.24, 2.45) is 0 Å². The molecule has 1 heterocycles. The maximum Gasteiger partial charge on any atom is 0.433 e. The molecular formula is C12H14F3NO2. The summed E-state index contributed by atoms with van der Waals surface area (Å²) in [5.41, 5.74) is -0.817. The first-order valence-electron chi connectivity index (χ1n) is 5.52. The summed E-state index contributed by atoms with van der Waals surface area (Å²) in [6.07, 6.45) is -4.52. The predicted octanol–water partition coefficient (Wildman–Crippen LogP) is 3.40. The van der Waals surface area contributed by atoms with Gasteiger partial charge in [0.2, 0.25) is 0 Å². The highest BCUT2D eigenvalue weighted by atomic mass is 19.4. The largest absolute Gasteiger partial charge is 0.462 e. The van der Waals surface area contributed by atoms with E-state index in [9.17, 15) is 18.0 Å². The Morgan fingerprint density at radius 3 is 2.44 bits per heavy atom. The molecule has 0 aliphatic rings. The number of hydrogen-bond acceptors (Lipinski definition) is 3. The van der Waals surface area contributed by atoms with E-state index in [-0.39, 0.29) is 23.8 Å². The van der Waals surface area contributed by atoms with Crippen LogP contribution in [0.2, 0.25) is 0 Å². The van der Waals surface area contributed by atoms with Gasteiger partial charge < -0.3 is 4.74 Å². The lowest BCUT2D eigenvalue weighted by atomic mass is 10.0. The van der Waals surface area contributed by atoms with Gasteiger partial charge in [-0.1, -0.05) is 13.8 Å². The first-order valence-corrected chi connectivity index (χ1v) is 5.52. The molecule has 0 atom stereocenters. The summed E-state index contributed by atoms with van der Waals surface area (Å²) in [6.45, 7) is 5.14. The van der Waals surface area contributed by atoms with E-state index in [2.05, 4.69) is 4.98 Å². The maximum absolute atomic E-state index is 12.5. The Morgan fingerprint density at radius 2 is 2.00 bits per heavy atom. The summed E-state index contributed by atoms with van der Waals surface area (Å²) < 4.78 is 42.4. The van der Waals surface area contributed by atoms with Crippen LogP contribution >= 0.6 is 0 Å². The number of halogens is 3. The maximum atomic E-state index is 12.5. The fraction of sp³-hybridized carbons (Fsp3) is 0.500. The van der Waals surface area contributed by atoms with Crippen molar-refractivity contribution in [2.75, 3.05) is 6.61 Å². The lowest BCUT2D eigenvalue weighted by Crippen LogP contribution is -2.15. The molecule has 3 nitrogen and oxygen atoms in total. The highest BCUT2D eigenvalue weighted by Gasteiger charge is 2.33. The third-order valence-electron chi connectivity index (χ3n) is 2.26. The number of rotatable bonds is 3. The minimum absolute atomic E-state index is 0.0832. The van der Waals surface area contributed by atoms with Gasteiger partial charge in [-0.3, -0.25) is 0 Å². The Balaban J connectivity index is 3.25. The molecule has 0 amide bonds. The van der Waals surface area contributed by atoms with Gasteiger partial charge in [0, 0.05) is 0 Å². The number of nitrogens with zero attached hydrogens (tertiary/aromatic N) is 1. The van der Waals surface area contributed by atoms with Crippen molar-refractivity contribution in [2.45, 2.75) is 32.9 Å². The van der Waals surface area contributed by atoms with Crippen LogP contribution in [0.25, 0.3) is 0 Å². The molecular weight excluding hydrogens is 247 g/mol. The van der Waals surface area contributed by atoms with Crippen LogP contribution in [0.15, 0.2) is 12.1 Å². The van der Waals surface area contributed by atoms with Crippen molar-refractivity contribution in [1.29, 1.82) is 0 Å². The number of carbonyl (C=O) groups excluding carboxylic acids is 1. The number of esters is 1. The van der Waals surface area contributed by atoms with Gasteiger partial charge in [-0.05, 0) is 25.0 Å². The van der Waals surface area contributed by atoms with Crippen molar-refractivity contribution >= 4 is 5.97 Å². The molecule has 0 fully saturated rings. The van der Waals surface area contributed by atoms with Gasteiger partial charge in [-0.15, -0.1) is 0 Å². The van der Waals surface area contributed by atoms with Crippen LogP contribution in [0.4, 0.5) is 13.2 Å². The third-order valence-corrected chi connectivity index (χ3v) is 2.26. The molecule has 0 unspecified atom stereocenters. The van der Waals surface area contributed by atoms with Gasteiger partial charge in [-0.2, -0.15) is 13.2 Å². The quantitative estimate of drug-likeness (QED) is 0.783. The summed E-state index contributed by atoms with van der Waals surface area (Å²) in [7, 11) is 0. The van der Waals surface area contributed by atoms with Crippen LogP contribution in [-0.2, 0) is 10.9 Å². The lowest BCUT2D eigenvalue weighted by molar-refractivity contribution is -0.141. The van der Waals surface area contributed by atoms with Crippen LogP contribution in [0, 0.1) is 0 Å². The number of carbonyl (C=O) groups is 1. The van der Waals surface area contributed by atoms with Crippen LogP contribution in [0.1, 0.15) is 48.4 Å². The second-order valence-electron chi connectivity index (χ2n) is 4.00. The summed E-state index contributed by atoms with van der Waals surface area (Å²) >= 11 is 0. The molecule has 1 aromatic rings. The van der Waals surface area contributed by atoms with Crippen LogP contribution in [0.5, 0.6) is 0 Å². The lowest BCUT2D eigenvalue weighted by Gasteiger charge is -2.14. The fourth-order valence-electron chi connectivity index (χ4n) is 1.45. The molecule has 1 aromatic heterocycles. The second-order valence-corrected chi connectivity index (χ2v) is 4.00. The number of ether oxygens (including phenoxy) is 1. The molecule has 1 rings (SSSR count). The monoisotopic (exact) mass is 261 g/mol.